The smallest absolute Gasteiger partial charge is 0.253 e. The molecule has 0 saturated heterocycles. The largest absolute Gasteiger partial charge is 0.494 e. The highest BCUT2D eigenvalue weighted by molar-refractivity contribution is 7.80. The maximum Gasteiger partial charge on any atom is 0.253 e. The number of rotatable bonds is 9. The standard InChI is InChI=1S/C25H32N4O2S/c1-5-31-22-11-9-21(10-12-22)26-25(32)29(14-6-13-28(3)4)17-20-16-19-8-7-18(2)15-23(19)27-24(20)30/h7-12,15-16H,5-6,13-14,17H2,1-4H3,(H,26,32)(H,27,30). The quantitative estimate of drug-likeness (QED) is 0.470. The van der Waals surface area contributed by atoms with Crippen molar-refractivity contribution in [2.75, 3.05) is 39.1 Å². The van der Waals surface area contributed by atoms with Crippen molar-refractivity contribution in [3.63, 3.8) is 0 Å². The van der Waals surface area contributed by atoms with E-state index < -0.39 is 0 Å². The predicted octanol–water partition coefficient (Wildman–Crippen LogP) is 4.39. The maximum absolute atomic E-state index is 12.8. The van der Waals surface area contributed by atoms with Crippen LogP contribution in [0.5, 0.6) is 5.75 Å². The number of aromatic nitrogens is 1. The highest BCUT2D eigenvalue weighted by Gasteiger charge is 2.14. The molecule has 1 aromatic heterocycles. The molecule has 0 fully saturated rings. The molecule has 7 heteroatoms. The molecule has 0 aliphatic heterocycles. The Bertz CT molecular complexity index is 1110. The van der Waals surface area contributed by atoms with E-state index >= 15 is 0 Å². The van der Waals surface area contributed by atoms with E-state index in [1.54, 1.807) is 0 Å². The molecule has 0 unspecified atom stereocenters. The van der Waals surface area contributed by atoms with E-state index in [2.05, 4.69) is 40.3 Å². The van der Waals surface area contributed by atoms with Crippen molar-refractivity contribution in [1.82, 2.24) is 14.8 Å². The minimum Gasteiger partial charge on any atom is -0.494 e. The molecule has 2 aromatic carbocycles. The molecule has 0 bridgehead atoms. The topological polar surface area (TPSA) is 60.6 Å². The van der Waals surface area contributed by atoms with Gasteiger partial charge in [0.05, 0.1) is 13.2 Å². The molecule has 6 nitrogen and oxygen atoms in total. The van der Waals surface area contributed by atoms with Crippen LogP contribution in [-0.2, 0) is 6.54 Å². The number of fused-ring (bicyclic) bond motifs is 1. The van der Waals surface area contributed by atoms with Crippen molar-refractivity contribution in [3.8, 4) is 5.75 Å². The molecule has 0 saturated carbocycles. The summed E-state index contributed by atoms with van der Waals surface area (Å²) in [5, 5.41) is 4.92. The van der Waals surface area contributed by atoms with Gasteiger partial charge < -0.3 is 24.8 Å². The molecular weight excluding hydrogens is 420 g/mol. The van der Waals surface area contributed by atoms with Crippen molar-refractivity contribution in [2.45, 2.75) is 26.8 Å². The Labute approximate surface area is 195 Å². The lowest BCUT2D eigenvalue weighted by Crippen LogP contribution is -2.37. The van der Waals surface area contributed by atoms with Crippen molar-refractivity contribution in [1.29, 1.82) is 0 Å². The minimum absolute atomic E-state index is 0.0791. The fourth-order valence-corrected chi connectivity index (χ4v) is 3.79. The van der Waals surface area contributed by atoms with Crippen LogP contribution in [0.4, 0.5) is 5.69 Å². The number of anilines is 1. The van der Waals surface area contributed by atoms with E-state index in [4.69, 9.17) is 17.0 Å². The van der Waals surface area contributed by atoms with Crippen LogP contribution >= 0.6 is 12.2 Å². The second kappa shape index (κ2) is 11.1. The van der Waals surface area contributed by atoms with Gasteiger partial charge in [-0.2, -0.15) is 0 Å². The molecule has 3 rings (SSSR count). The minimum atomic E-state index is -0.0791. The first-order chi connectivity index (χ1) is 15.4. The number of aryl methyl sites for hydroxylation is 1. The Morgan fingerprint density at radius 2 is 1.84 bits per heavy atom. The van der Waals surface area contributed by atoms with Crippen LogP contribution < -0.4 is 15.6 Å². The number of ether oxygens (including phenoxy) is 1. The first-order valence-electron chi connectivity index (χ1n) is 10.9. The summed E-state index contributed by atoms with van der Waals surface area (Å²) < 4.78 is 5.51. The lowest BCUT2D eigenvalue weighted by Gasteiger charge is -2.26. The van der Waals surface area contributed by atoms with E-state index in [9.17, 15) is 4.79 Å². The lowest BCUT2D eigenvalue weighted by molar-refractivity contribution is 0.340. The maximum atomic E-state index is 12.8. The average Bonchev–Trinajstić information content (AvgIpc) is 2.74. The number of hydrogen-bond acceptors (Lipinski definition) is 4. The number of thiocarbonyl (C=S) groups is 1. The van der Waals surface area contributed by atoms with E-state index in [0.29, 0.717) is 23.8 Å². The highest BCUT2D eigenvalue weighted by Crippen LogP contribution is 2.18. The number of H-pyrrole nitrogens is 1. The summed E-state index contributed by atoms with van der Waals surface area (Å²) in [6, 6.07) is 15.8. The number of nitrogens with zero attached hydrogens (tertiary/aromatic N) is 2. The van der Waals surface area contributed by atoms with Crippen LogP contribution in [0.1, 0.15) is 24.5 Å². The fraction of sp³-hybridized carbons (Fsp3) is 0.360. The summed E-state index contributed by atoms with van der Waals surface area (Å²) in [5.74, 6) is 0.824. The highest BCUT2D eigenvalue weighted by atomic mass is 32.1. The fourth-order valence-electron chi connectivity index (χ4n) is 3.52. The van der Waals surface area contributed by atoms with Gasteiger partial charge in [0.25, 0.3) is 5.56 Å². The number of nitrogens with one attached hydrogen (secondary N) is 2. The third-order valence-corrected chi connectivity index (χ3v) is 5.54. The van der Waals surface area contributed by atoms with Crippen molar-refractivity contribution >= 4 is 33.9 Å². The molecule has 0 radical (unpaired) electrons. The average molecular weight is 453 g/mol. The van der Waals surface area contributed by atoms with Gasteiger partial charge in [-0.25, -0.2) is 0 Å². The number of hydrogen-bond donors (Lipinski definition) is 2. The second-order valence-electron chi connectivity index (χ2n) is 8.18. The van der Waals surface area contributed by atoms with Crippen molar-refractivity contribution in [2.24, 2.45) is 0 Å². The number of pyridine rings is 1. The van der Waals surface area contributed by atoms with Gasteiger partial charge in [-0.3, -0.25) is 4.79 Å². The van der Waals surface area contributed by atoms with Gasteiger partial charge in [-0.15, -0.1) is 0 Å². The first-order valence-corrected chi connectivity index (χ1v) is 11.3. The third-order valence-electron chi connectivity index (χ3n) is 5.18. The molecule has 3 aromatic rings. The zero-order valence-electron chi connectivity index (χ0n) is 19.3. The summed E-state index contributed by atoms with van der Waals surface area (Å²) in [5.41, 5.74) is 3.48. The summed E-state index contributed by atoms with van der Waals surface area (Å²) in [6.45, 7) is 6.73. The number of aromatic amines is 1. The van der Waals surface area contributed by atoms with Crippen molar-refractivity contribution in [3.05, 3.63) is 70.0 Å². The zero-order chi connectivity index (χ0) is 23.1. The van der Waals surface area contributed by atoms with Crippen LogP contribution in [0.25, 0.3) is 10.9 Å². The Morgan fingerprint density at radius 1 is 1.09 bits per heavy atom. The summed E-state index contributed by atoms with van der Waals surface area (Å²) in [6.07, 6.45) is 0.933. The van der Waals surface area contributed by atoms with Gasteiger partial charge in [-0.1, -0.05) is 12.1 Å². The summed E-state index contributed by atoms with van der Waals surface area (Å²) >= 11 is 5.73. The van der Waals surface area contributed by atoms with Crippen LogP contribution in [0, 0.1) is 6.92 Å². The molecule has 0 atom stereocenters. The normalized spacial score (nSPS) is 11.0. The molecule has 0 spiro atoms. The predicted molar refractivity (Wildman–Crippen MR) is 137 cm³/mol. The number of benzene rings is 2. The van der Waals surface area contributed by atoms with Gasteiger partial charge in [-0.05, 0) is 100 Å². The molecular formula is C25H32N4O2S. The summed E-state index contributed by atoms with van der Waals surface area (Å²) in [7, 11) is 4.10. The zero-order valence-corrected chi connectivity index (χ0v) is 20.1. The van der Waals surface area contributed by atoms with E-state index in [1.807, 2.05) is 56.3 Å². The summed E-state index contributed by atoms with van der Waals surface area (Å²) in [4.78, 5) is 20.0. The van der Waals surface area contributed by atoms with E-state index in [0.717, 1.165) is 47.4 Å². The molecule has 170 valence electrons. The van der Waals surface area contributed by atoms with Crippen LogP contribution in [0.2, 0.25) is 0 Å². The van der Waals surface area contributed by atoms with Gasteiger partial charge in [0.15, 0.2) is 5.11 Å². The Morgan fingerprint density at radius 3 is 2.53 bits per heavy atom. The first kappa shape index (κ1) is 23.8. The molecule has 1 heterocycles. The van der Waals surface area contributed by atoms with Crippen LogP contribution in [0.3, 0.4) is 0 Å². The lowest BCUT2D eigenvalue weighted by atomic mass is 10.1. The molecule has 2 N–H and O–H groups in total. The van der Waals surface area contributed by atoms with Gasteiger partial charge >= 0.3 is 0 Å². The van der Waals surface area contributed by atoms with E-state index in [-0.39, 0.29) is 5.56 Å². The van der Waals surface area contributed by atoms with Crippen molar-refractivity contribution < 1.29 is 4.74 Å². The Kier molecular flexibility index (Phi) is 8.25. The Hall–Kier alpha value is -2.90. The molecule has 0 aliphatic carbocycles. The Balaban J connectivity index is 1.79. The van der Waals surface area contributed by atoms with Gasteiger partial charge in [0.2, 0.25) is 0 Å². The van der Waals surface area contributed by atoms with Gasteiger partial charge in [0, 0.05) is 23.3 Å². The van der Waals surface area contributed by atoms with Crippen LogP contribution in [0.15, 0.2) is 53.3 Å². The third kappa shape index (κ3) is 6.55. The second-order valence-corrected chi connectivity index (χ2v) is 8.57. The van der Waals surface area contributed by atoms with E-state index in [1.165, 1.54) is 0 Å². The van der Waals surface area contributed by atoms with Crippen LogP contribution in [-0.4, -0.2) is 53.7 Å². The molecule has 32 heavy (non-hydrogen) atoms. The SMILES string of the molecule is CCOc1ccc(NC(=S)N(CCCN(C)C)Cc2cc3ccc(C)cc3[nH]c2=O)cc1. The molecule has 0 aliphatic rings. The monoisotopic (exact) mass is 452 g/mol. The molecule has 0 amide bonds. The van der Waals surface area contributed by atoms with Gasteiger partial charge in [0.1, 0.15) is 5.75 Å².